The number of nitro groups is 1. The van der Waals surface area contributed by atoms with E-state index in [9.17, 15) is 20.5 Å². The smallest absolute Gasteiger partial charge is 0.353 e. The fourth-order valence-corrected chi connectivity index (χ4v) is 3.96. The third kappa shape index (κ3) is 5.37. The zero-order valence-corrected chi connectivity index (χ0v) is 20.0. The predicted octanol–water partition coefficient (Wildman–Crippen LogP) is 5.22. The Morgan fingerprint density at radius 2 is 1.97 bits per heavy atom. The van der Waals surface area contributed by atoms with Crippen molar-refractivity contribution in [3.63, 3.8) is 0 Å². The monoisotopic (exact) mass is 500 g/mol. The van der Waals surface area contributed by atoms with Crippen molar-refractivity contribution in [1.82, 2.24) is 9.97 Å². The molecule has 11 heteroatoms. The highest BCUT2D eigenvalue weighted by Crippen LogP contribution is 2.38. The minimum atomic E-state index is -0.617. The number of halogens is 2. The lowest BCUT2D eigenvalue weighted by molar-refractivity contribution is -0.383. The van der Waals surface area contributed by atoms with Gasteiger partial charge in [-0.15, -0.1) is 0 Å². The molecule has 2 N–H and O–H groups in total. The molecule has 0 aliphatic heterocycles. The third-order valence-electron chi connectivity index (χ3n) is 5.28. The van der Waals surface area contributed by atoms with Crippen LogP contribution in [0.4, 0.5) is 23.0 Å². The molecule has 34 heavy (non-hydrogen) atoms. The lowest BCUT2D eigenvalue weighted by atomic mass is 9.91. The van der Waals surface area contributed by atoms with Crippen molar-refractivity contribution >= 4 is 46.2 Å². The first-order chi connectivity index (χ1) is 16.3. The number of nitrogens with one attached hydrogen (secondary N) is 1. The zero-order chi connectivity index (χ0) is 24.8. The molecule has 0 saturated carbocycles. The molecule has 3 aromatic rings. The SMILES string of the molecule is CCN(CCO)c1ncnc(Nc2cc(Cl)c(C(C#N)c3ccc(Cl)cc3)cc2C)c1[N+](=O)[O-]. The van der Waals surface area contributed by atoms with Gasteiger partial charge in [0.15, 0.2) is 0 Å². The highest BCUT2D eigenvalue weighted by atomic mass is 35.5. The summed E-state index contributed by atoms with van der Waals surface area (Å²) in [7, 11) is 0. The van der Waals surface area contributed by atoms with Crippen LogP contribution in [0.15, 0.2) is 42.7 Å². The lowest BCUT2D eigenvalue weighted by Gasteiger charge is -2.21. The quantitative estimate of drug-likeness (QED) is 0.302. The maximum Gasteiger partial charge on any atom is 0.353 e. The average Bonchev–Trinajstić information content (AvgIpc) is 2.81. The van der Waals surface area contributed by atoms with E-state index in [0.717, 1.165) is 5.56 Å². The fraction of sp³-hybridized carbons (Fsp3) is 0.261. The second kappa shape index (κ2) is 11.1. The summed E-state index contributed by atoms with van der Waals surface area (Å²) >= 11 is 12.5. The Kier molecular flexibility index (Phi) is 8.23. The number of nitrogens with zero attached hydrogens (tertiary/aromatic N) is 5. The summed E-state index contributed by atoms with van der Waals surface area (Å²) in [5, 5.41) is 34.9. The number of hydrogen-bond acceptors (Lipinski definition) is 8. The summed E-state index contributed by atoms with van der Waals surface area (Å²) in [4.78, 5) is 21.1. The van der Waals surface area contributed by atoms with Crippen molar-refractivity contribution in [3.05, 3.63) is 79.6 Å². The summed E-state index contributed by atoms with van der Waals surface area (Å²) in [5.41, 5.74) is 2.25. The standard InChI is InChI=1S/C23H22Cl2N6O3/c1-3-30(8-9-32)23-21(31(33)34)22(27-13-28-23)29-20-11-19(25)17(10-14(20)2)18(12-26)15-4-6-16(24)7-5-15/h4-7,10-11,13,18,32H,3,8-9H2,1-2H3,(H,27,28,29). The van der Waals surface area contributed by atoms with Gasteiger partial charge in [-0.2, -0.15) is 5.26 Å². The Hall–Kier alpha value is -3.45. The van der Waals surface area contributed by atoms with Crippen LogP contribution in [-0.2, 0) is 0 Å². The van der Waals surface area contributed by atoms with Crippen molar-refractivity contribution in [1.29, 1.82) is 5.26 Å². The molecule has 1 aromatic heterocycles. The van der Waals surface area contributed by atoms with Gasteiger partial charge in [0.05, 0.1) is 23.5 Å². The number of rotatable bonds is 9. The van der Waals surface area contributed by atoms with Crippen LogP contribution in [0.5, 0.6) is 0 Å². The van der Waals surface area contributed by atoms with Gasteiger partial charge >= 0.3 is 5.69 Å². The van der Waals surface area contributed by atoms with Crippen LogP contribution in [0.3, 0.4) is 0 Å². The van der Waals surface area contributed by atoms with Crippen LogP contribution < -0.4 is 10.2 Å². The maximum atomic E-state index is 11.9. The first-order valence-electron chi connectivity index (χ1n) is 10.4. The number of benzene rings is 2. The molecule has 0 aliphatic carbocycles. The molecule has 3 rings (SSSR count). The van der Waals surface area contributed by atoms with Crippen molar-refractivity contribution < 1.29 is 10.0 Å². The molecule has 1 heterocycles. The molecule has 176 valence electrons. The number of aliphatic hydroxyl groups excluding tert-OH is 1. The highest BCUT2D eigenvalue weighted by molar-refractivity contribution is 6.32. The summed E-state index contributed by atoms with van der Waals surface area (Å²) in [6.45, 7) is 4.03. The summed E-state index contributed by atoms with van der Waals surface area (Å²) < 4.78 is 0. The van der Waals surface area contributed by atoms with Crippen molar-refractivity contribution in [2.45, 2.75) is 19.8 Å². The Labute approximate surface area is 206 Å². The van der Waals surface area contributed by atoms with Crippen LogP contribution in [0, 0.1) is 28.4 Å². The number of anilines is 3. The lowest BCUT2D eigenvalue weighted by Crippen LogP contribution is -2.28. The number of aryl methyl sites for hydroxylation is 1. The van der Waals surface area contributed by atoms with Gasteiger partial charge in [-0.05, 0) is 48.7 Å². The second-order valence-corrected chi connectivity index (χ2v) is 8.23. The van der Waals surface area contributed by atoms with Gasteiger partial charge in [0.25, 0.3) is 0 Å². The molecule has 2 aromatic carbocycles. The largest absolute Gasteiger partial charge is 0.395 e. The highest BCUT2D eigenvalue weighted by Gasteiger charge is 2.27. The number of nitriles is 1. The van der Waals surface area contributed by atoms with Crippen LogP contribution in [0.2, 0.25) is 10.0 Å². The van der Waals surface area contributed by atoms with E-state index < -0.39 is 10.8 Å². The van der Waals surface area contributed by atoms with Gasteiger partial charge in [0.1, 0.15) is 6.33 Å². The summed E-state index contributed by atoms with van der Waals surface area (Å²) in [5.74, 6) is -0.520. The van der Waals surface area contributed by atoms with Crippen molar-refractivity contribution in [2.24, 2.45) is 0 Å². The molecule has 0 aliphatic rings. The molecular formula is C23H22Cl2N6O3. The second-order valence-electron chi connectivity index (χ2n) is 7.38. The Morgan fingerprint density at radius 1 is 1.26 bits per heavy atom. The maximum absolute atomic E-state index is 11.9. The topological polar surface area (TPSA) is 128 Å². The molecule has 0 saturated heterocycles. The summed E-state index contributed by atoms with van der Waals surface area (Å²) in [6, 6.07) is 12.6. The Morgan fingerprint density at radius 3 is 2.56 bits per heavy atom. The van der Waals surface area contributed by atoms with E-state index in [1.54, 1.807) is 48.2 Å². The minimum Gasteiger partial charge on any atom is -0.395 e. The molecule has 0 amide bonds. The van der Waals surface area contributed by atoms with Gasteiger partial charge in [0.2, 0.25) is 11.6 Å². The van der Waals surface area contributed by atoms with E-state index in [0.29, 0.717) is 33.4 Å². The fourth-order valence-electron chi connectivity index (χ4n) is 3.56. The van der Waals surface area contributed by atoms with E-state index in [-0.39, 0.29) is 30.5 Å². The van der Waals surface area contributed by atoms with E-state index in [1.807, 2.05) is 6.92 Å². The summed E-state index contributed by atoms with van der Waals surface area (Å²) in [6.07, 6.45) is 1.22. The van der Waals surface area contributed by atoms with Gasteiger partial charge < -0.3 is 15.3 Å². The van der Waals surface area contributed by atoms with Gasteiger partial charge in [0, 0.05) is 28.8 Å². The molecule has 1 unspecified atom stereocenters. The first-order valence-corrected chi connectivity index (χ1v) is 11.1. The van der Waals surface area contributed by atoms with E-state index in [4.69, 9.17) is 23.2 Å². The third-order valence-corrected chi connectivity index (χ3v) is 5.86. The predicted molar refractivity (Wildman–Crippen MR) is 132 cm³/mol. The Bertz CT molecular complexity index is 1230. The van der Waals surface area contributed by atoms with E-state index >= 15 is 0 Å². The van der Waals surface area contributed by atoms with E-state index in [2.05, 4.69) is 21.4 Å². The van der Waals surface area contributed by atoms with Crippen LogP contribution in [0.25, 0.3) is 0 Å². The van der Waals surface area contributed by atoms with Gasteiger partial charge in [-0.3, -0.25) is 10.1 Å². The number of likely N-dealkylation sites (N-methyl/N-ethyl adjacent to an activating group) is 1. The van der Waals surface area contributed by atoms with Crippen LogP contribution in [-0.4, -0.2) is 39.7 Å². The number of aliphatic hydroxyl groups is 1. The van der Waals surface area contributed by atoms with E-state index in [1.165, 1.54) is 6.33 Å². The Balaban J connectivity index is 2.01. The zero-order valence-electron chi connectivity index (χ0n) is 18.5. The van der Waals surface area contributed by atoms with Gasteiger partial charge in [-0.25, -0.2) is 9.97 Å². The van der Waals surface area contributed by atoms with Crippen molar-refractivity contribution in [2.75, 3.05) is 29.9 Å². The first kappa shape index (κ1) is 25.2. The molecule has 9 nitrogen and oxygen atoms in total. The van der Waals surface area contributed by atoms with Gasteiger partial charge in [-0.1, -0.05) is 41.4 Å². The normalized spacial score (nSPS) is 11.5. The molecule has 0 radical (unpaired) electrons. The van der Waals surface area contributed by atoms with Crippen molar-refractivity contribution in [3.8, 4) is 6.07 Å². The molecule has 0 fully saturated rings. The minimum absolute atomic E-state index is 0.00663. The van der Waals surface area contributed by atoms with Crippen LogP contribution >= 0.6 is 23.2 Å². The van der Waals surface area contributed by atoms with Crippen LogP contribution in [0.1, 0.15) is 29.5 Å². The number of aromatic nitrogens is 2. The average molecular weight is 501 g/mol. The number of hydrogen-bond donors (Lipinski definition) is 2. The molecule has 0 bridgehead atoms. The molecule has 1 atom stereocenters. The molecule has 0 spiro atoms. The molecular weight excluding hydrogens is 479 g/mol.